The second-order valence-electron chi connectivity index (χ2n) is 8.51. The highest BCUT2D eigenvalue weighted by Gasteiger charge is 2.28. The Bertz CT molecular complexity index is 1130. The maximum Gasteiger partial charge on any atom is 0.248 e. The molecule has 2 heterocycles. The van der Waals surface area contributed by atoms with Crippen LogP contribution in [0.1, 0.15) is 29.7 Å². The molecular formula is C26H29N3O4. The molecule has 33 heavy (non-hydrogen) atoms. The van der Waals surface area contributed by atoms with Gasteiger partial charge in [0.15, 0.2) is 0 Å². The number of hydroxylamine groups is 1. The summed E-state index contributed by atoms with van der Waals surface area (Å²) in [5, 5.41) is 9.99. The minimum atomic E-state index is -0.427. The first-order valence-corrected chi connectivity index (χ1v) is 11.3. The number of piperidine rings is 1. The van der Waals surface area contributed by atoms with E-state index in [2.05, 4.69) is 17.1 Å². The molecule has 1 saturated heterocycles. The van der Waals surface area contributed by atoms with E-state index in [1.54, 1.807) is 10.4 Å². The maximum absolute atomic E-state index is 12.7. The first-order chi connectivity index (χ1) is 16.0. The fourth-order valence-corrected chi connectivity index (χ4v) is 4.38. The van der Waals surface area contributed by atoms with Crippen LogP contribution in [0.3, 0.4) is 0 Å². The summed E-state index contributed by atoms with van der Waals surface area (Å²) in [7, 11) is 0. The molecule has 172 valence electrons. The van der Waals surface area contributed by atoms with Gasteiger partial charge in [-0.25, -0.2) is 5.48 Å². The van der Waals surface area contributed by atoms with Crippen LogP contribution in [0.4, 0.5) is 0 Å². The Kier molecular flexibility index (Phi) is 7.19. The summed E-state index contributed by atoms with van der Waals surface area (Å²) in [6.07, 6.45) is 2.48. The van der Waals surface area contributed by atoms with Gasteiger partial charge >= 0.3 is 0 Å². The van der Waals surface area contributed by atoms with Gasteiger partial charge in [-0.05, 0) is 55.2 Å². The second kappa shape index (κ2) is 10.4. The molecule has 1 aromatic heterocycles. The number of amides is 2. The van der Waals surface area contributed by atoms with Gasteiger partial charge in [-0.15, -0.1) is 0 Å². The van der Waals surface area contributed by atoms with Gasteiger partial charge in [0.1, 0.15) is 5.75 Å². The number of ether oxygens (including phenoxy) is 1. The first-order valence-electron chi connectivity index (χ1n) is 11.3. The van der Waals surface area contributed by atoms with Crippen molar-refractivity contribution in [3.63, 3.8) is 0 Å². The smallest absolute Gasteiger partial charge is 0.248 e. The standard InChI is InChI=1S/C26H29N3O4/c1-18-15-20(23-6-2-3-7-24(23)27-18)12-14-33-22-10-8-19(9-11-22)16-25(30)29-13-4-5-21(17-29)26(31)28-32/h2-3,6-11,15,21,32H,4-5,12-14,16-17H2,1H3,(H,28,31). The fraction of sp³-hybridized carbons (Fsp3) is 0.346. The van der Waals surface area contributed by atoms with Crippen LogP contribution < -0.4 is 10.2 Å². The Morgan fingerprint density at radius 2 is 1.97 bits per heavy atom. The Morgan fingerprint density at radius 1 is 1.18 bits per heavy atom. The van der Waals surface area contributed by atoms with E-state index in [1.807, 2.05) is 49.4 Å². The number of para-hydroxylation sites is 1. The molecule has 7 nitrogen and oxygen atoms in total. The summed E-state index contributed by atoms with van der Waals surface area (Å²) < 4.78 is 5.94. The van der Waals surface area contributed by atoms with Crippen molar-refractivity contribution in [2.75, 3.05) is 19.7 Å². The first kappa shape index (κ1) is 22.7. The fourth-order valence-electron chi connectivity index (χ4n) is 4.38. The molecule has 0 bridgehead atoms. The topological polar surface area (TPSA) is 91.8 Å². The molecule has 0 aliphatic carbocycles. The number of benzene rings is 2. The molecule has 1 fully saturated rings. The van der Waals surface area contributed by atoms with Crippen LogP contribution in [0, 0.1) is 12.8 Å². The van der Waals surface area contributed by atoms with Crippen molar-refractivity contribution in [3.05, 3.63) is 71.4 Å². The van der Waals surface area contributed by atoms with E-state index in [9.17, 15) is 9.59 Å². The Hall–Kier alpha value is -3.45. The third-order valence-electron chi connectivity index (χ3n) is 6.10. The van der Waals surface area contributed by atoms with Crippen LogP contribution in [-0.4, -0.2) is 46.6 Å². The quantitative estimate of drug-likeness (QED) is 0.428. The number of nitrogens with one attached hydrogen (secondary N) is 1. The van der Waals surface area contributed by atoms with Gasteiger partial charge in [0.25, 0.3) is 0 Å². The van der Waals surface area contributed by atoms with Gasteiger partial charge in [-0.2, -0.15) is 0 Å². The molecule has 1 aliphatic rings. The van der Waals surface area contributed by atoms with Gasteiger partial charge < -0.3 is 9.64 Å². The van der Waals surface area contributed by atoms with E-state index in [0.29, 0.717) is 26.1 Å². The maximum atomic E-state index is 12.7. The van der Waals surface area contributed by atoms with Crippen LogP contribution in [-0.2, 0) is 22.4 Å². The van der Waals surface area contributed by atoms with E-state index in [0.717, 1.165) is 40.8 Å². The van der Waals surface area contributed by atoms with Crippen molar-refractivity contribution < 1.29 is 19.5 Å². The number of carbonyl (C=O) groups excluding carboxylic acids is 2. The number of carbonyl (C=O) groups is 2. The summed E-state index contributed by atoms with van der Waals surface area (Å²) in [5.74, 6) is -0.0355. The molecule has 2 N–H and O–H groups in total. The highest BCUT2D eigenvalue weighted by molar-refractivity contribution is 5.83. The van der Waals surface area contributed by atoms with Crippen LogP contribution in [0.2, 0.25) is 0 Å². The lowest BCUT2D eigenvalue weighted by molar-refractivity contribution is -0.139. The lowest BCUT2D eigenvalue weighted by atomic mass is 9.97. The van der Waals surface area contributed by atoms with Gasteiger partial charge in [0, 0.05) is 30.6 Å². The minimum Gasteiger partial charge on any atom is -0.493 e. The third kappa shape index (κ3) is 5.68. The third-order valence-corrected chi connectivity index (χ3v) is 6.10. The molecule has 0 spiro atoms. The zero-order valence-electron chi connectivity index (χ0n) is 18.8. The molecular weight excluding hydrogens is 418 g/mol. The number of pyridine rings is 1. The summed E-state index contributed by atoms with van der Waals surface area (Å²) in [4.78, 5) is 30.6. The number of likely N-dealkylation sites (tertiary alicyclic amines) is 1. The van der Waals surface area contributed by atoms with Crippen molar-refractivity contribution in [1.82, 2.24) is 15.4 Å². The summed E-state index contributed by atoms with van der Waals surface area (Å²) >= 11 is 0. The van der Waals surface area contributed by atoms with E-state index in [1.165, 1.54) is 5.56 Å². The monoisotopic (exact) mass is 447 g/mol. The van der Waals surface area contributed by atoms with Crippen molar-refractivity contribution in [2.24, 2.45) is 5.92 Å². The number of rotatable bonds is 7. The highest BCUT2D eigenvalue weighted by Crippen LogP contribution is 2.21. The van der Waals surface area contributed by atoms with Crippen molar-refractivity contribution in [2.45, 2.75) is 32.6 Å². The van der Waals surface area contributed by atoms with Gasteiger partial charge in [0.05, 0.1) is 24.5 Å². The molecule has 1 unspecified atom stereocenters. The Balaban J connectivity index is 1.30. The van der Waals surface area contributed by atoms with Crippen molar-refractivity contribution >= 4 is 22.7 Å². The molecule has 7 heteroatoms. The van der Waals surface area contributed by atoms with Crippen molar-refractivity contribution in [3.8, 4) is 5.75 Å². The molecule has 1 aliphatic heterocycles. The van der Waals surface area contributed by atoms with Gasteiger partial charge in [0.2, 0.25) is 11.8 Å². The van der Waals surface area contributed by atoms with Crippen LogP contribution in [0.25, 0.3) is 10.9 Å². The lowest BCUT2D eigenvalue weighted by Crippen LogP contribution is -2.45. The molecule has 2 amide bonds. The van der Waals surface area contributed by atoms with E-state index in [-0.39, 0.29) is 18.2 Å². The molecule has 1 atom stereocenters. The zero-order chi connectivity index (χ0) is 23.2. The molecule has 0 saturated carbocycles. The lowest BCUT2D eigenvalue weighted by Gasteiger charge is -2.31. The SMILES string of the molecule is Cc1cc(CCOc2ccc(CC(=O)N3CCCC(C(=O)NO)C3)cc2)c2ccccc2n1. The van der Waals surface area contributed by atoms with Gasteiger partial charge in [-0.3, -0.25) is 19.8 Å². The number of nitrogens with zero attached hydrogens (tertiary/aromatic N) is 2. The minimum absolute atomic E-state index is 0.0148. The van der Waals surface area contributed by atoms with Crippen LogP contribution in [0.5, 0.6) is 5.75 Å². The summed E-state index contributed by atoms with van der Waals surface area (Å²) in [6, 6.07) is 17.8. The van der Waals surface area contributed by atoms with Crippen LogP contribution >= 0.6 is 0 Å². The Labute approximate surface area is 193 Å². The summed E-state index contributed by atoms with van der Waals surface area (Å²) in [5.41, 5.74) is 5.81. The Morgan fingerprint density at radius 3 is 2.76 bits per heavy atom. The largest absolute Gasteiger partial charge is 0.493 e. The van der Waals surface area contributed by atoms with E-state index >= 15 is 0 Å². The molecule has 4 rings (SSSR count). The van der Waals surface area contributed by atoms with Crippen LogP contribution in [0.15, 0.2) is 54.6 Å². The summed E-state index contributed by atoms with van der Waals surface area (Å²) in [6.45, 7) is 3.53. The van der Waals surface area contributed by atoms with E-state index in [4.69, 9.17) is 9.94 Å². The molecule has 0 radical (unpaired) electrons. The highest BCUT2D eigenvalue weighted by atomic mass is 16.5. The normalized spacial score (nSPS) is 15.9. The second-order valence-corrected chi connectivity index (χ2v) is 8.51. The predicted molar refractivity (Wildman–Crippen MR) is 125 cm³/mol. The predicted octanol–water partition coefficient (Wildman–Crippen LogP) is 3.45. The molecule has 3 aromatic rings. The van der Waals surface area contributed by atoms with Crippen molar-refractivity contribution in [1.29, 1.82) is 0 Å². The van der Waals surface area contributed by atoms with Gasteiger partial charge in [-0.1, -0.05) is 30.3 Å². The molecule has 2 aromatic carbocycles. The zero-order valence-corrected chi connectivity index (χ0v) is 18.8. The number of aryl methyl sites for hydroxylation is 1. The number of fused-ring (bicyclic) bond motifs is 1. The van der Waals surface area contributed by atoms with E-state index < -0.39 is 5.91 Å². The number of aromatic nitrogens is 1. The number of hydrogen-bond acceptors (Lipinski definition) is 5. The average Bonchev–Trinajstić information content (AvgIpc) is 2.84. The number of hydrogen-bond donors (Lipinski definition) is 2. The average molecular weight is 448 g/mol.